The molecule has 2 heterocycles. The number of halogens is 2. The summed E-state index contributed by atoms with van der Waals surface area (Å²) in [6.07, 6.45) is 0.707. The summed E-state index contributed by atoms with van der Waals surface area (Å²) < 4.78 is 62.7. The predicted octanol–water partition coefficient (Wildman–Crippen LogP) is 3.02. The van der Waals surface area contributed by atoms with E-state index < -0.39 is 27.4 Å². The lowest BCUT2D eigenvalue weighted by Gasteiger charge is -2.26. The molecule has 0 aliphatic carbocycles. The lowest BCUT2D eigenvalue weighted by Crippen LogP contribution is -2.40. The second-order valence-corrected chi connectivity index (χ2v) is 9.53. The fourth-order valence-corrected chi connectivity index (χ4v) is 5.07. The maximum atomic E-state index is 14.3. The molecule has 172 valence electrons. The number of benzene rings is 2. The lowest BCUT2D eigenvalue weighted by atomic mass is 10.2. The molecule has 2 aromatic carbocycles. The smallest absolute Gasteiger partial charge is 0.341 e. The monoisotopic (exact) mass is 485 g/mol. The van der Waals surface area contributed by atoms with Crippen LogP contribution in [0.2, 0.25) is 5.02 Å². The van der Waals surface area contributed by atoms with E-state index in [1.807, 2.05) is 0 Å². The zero-order chi connectivity index (χ0) is 22.7. The fraction of sp³-hybridized carbons (Fsp3) is 0.381. The van der Waals surface area contributed by atoms with Gasteiger partial charge in [-0.1, -0.05) is 11.6 Å². The second-order valence-electron chi connectivity index (χ2n) is 7.19. The molecule has 2 aromatic rings. The van der Waals surface area contributed by atoms with Crippen LogP contribution >= 0.6 is 11.6 Å². The molecule has 11 heteroatoms. The van der Waals surface area contributed by atoms with Gasteiger partial charge in [0.15, 0.2) is 11.5 Å². The van der Waals surface area contributed by atoms with Crippen molar-refractivity contribution < 1.29 is 36.6 Å². The Kier molecular flexibility index (Phi) is 6.85. The standard InChI is InChI=1S/C21H21ClFNO7S/c22-17-10-14(11-19-20(17)30-7-1-6-29-19)13-31-21(25)16-12-15(2-3-18(16)23)32(26,27)24-4-8-28-9-5-24/h2-3,10-12H,1,4-9,13H2. The van der Waals surface area contributed by atoms with E-state index in [9.17, 15) is 17.6 Å². The summed E-state index contributed by atoms with van der Waals surface area (Å²) in [4.78, 5) is 12.4. The van der Waals surface area contributed by atoms with Crippen molar-refractivity contribution in [3.05, 3.63) is 52.3 Å². The normalized spacial score (nSPS) is 16.9. The molecule has 2 aliphatic heterocycles. The maximum absolute atomic E-state index is 14.3. The molecule has 4 rings (SSSR count). The van der Waals surface area contributed by atoms with Gasteiger partial charge in [-0.25, -0.2) is 17.6 Å². The number of carbonyl (C=O) groups is 1. The summed E-state index contributed by atoms with van der Waals surface area (Å²) in [5.74, 6) is -1.02. The van der Waals surface area contributed by atoms with Crippen molar-refractivity contribution in [1.29, 1.82) is 0 Å². The molecule has 0 unspecified atom stereocenters. The van der Waals surface area contributed by atoms with E-state index in [0.29, 0.717) is 41.7 Å². The van der Waals surface area contributed by atoms with Crippen molar-refractivity contribution in [2.24, 2.45) is 0 Å². The van der Waals surface area contributed by atoms with Crippen LogP contribution in [0.4, 0.5) is 4.39 Å². The van der Waals surface area contributed by atoms with Crippen LogP contribution in [0.1, 0.15) is 22.3 Å². The highest BCUT2D eigenvalue weighted by molar-refractivity contribution is 7.89. The average Bonchev–Trinajstić information content (AvgIpc) is 3.04. The van der Waals surface area contributed by atoms with Gasteiger partial charge >= 0.3 is 5.97 Å². The first-order valence-electron chi connectivity index (χ1n) is 9.99. The Balaban J connectivity index is 1.51. The van der Waals surface area contributed by atoms with Crippen LogP contribution < -0.4 is 9.47 Å². The Bertz CT molecular complexity index is 1120. The zero-order valence-corrected chi connectivity index (χ0v) is 18.6. The minimum atomic E-state index is -3.89. The van der Waals surface area contributed by atoms with Gasteiger partial charge in [0.25, 0.3) is 0 Å². The Morgan fingerprint density at radius 2 is 1.84 bits per heavy atom. The van der Waals surface area contributed by atoms with Gasteiger partial charge in [-0.05, 0) is 35.9 Å². The van der Waals surface area contributed by atoms with E-state index >= 15 is 0 Å². The number of sulfonamides is 1. The lowest BCUT2D eigenvalue weighted by molar-refractivity contribution is 0.0466. The molecule has 1 fully saturated rings. The van der Waals surface area contributed by atoms with Crippen molar-refractivity contribution in [3.63, 3.8) is 0 Å². The number of ether oxygens (including phenoxy) is 4. The van der Waals surface area contributed by atoms with E-state index in [0.717, 1.165) is 18.2 Å². The Morgan fingerprint density at radius 3 is 2.62 bits per heavy atom. The topological polar surface area (TPSA) is 91.4 Å². The summed E-state index contributed by atoms with van der Waals surface area (Å²) >= 11 is 6.24. The number of nitrogens with zero attached hydrogens (tertiary/aromatic N) is 1. The molecule has 1 saturated heterocycles. The highest BCUT2D eigenvalue weighted by atomic mass is 35.5. The minimum absolute atomic E-state index is 0.185. The molecule has 0 spiro atoms. The van der Waals surface area contributed by atoms with Gasteiger partial charge < -0.3 is 18.9 Å². The highest BCUT2D eigenvalue weighted by Crippen LogP contribution is 2.38. The van der Waals surface area contributed by atoms with Crippen LogP contribution in [0.15, 0.2) is 35.2 Å². The van der Waals surface area contributed by atoms with Crippen molar-refractivity contribution in [2.45, 2.75) is 17.9 Å². The number of hydrogen-bond donors (Lipinski definition) is 0. The zero-order valence-electron chi connectivity index (χ0n) is 17.0. The Morgan fingerprint density at radius 1 is 1.09 bits per heavy atom. The molecule has 0 amide bonds. The van der Waals surface area contributed by atoms with Gasteiger partial charge in [-0.15, -0.1) is 0 Å². The third-order valence-corrected chi connectivity index (χ3v) is 7.17. The van der Waals surface area contributed by atoms with E-state index in [4.69, 9.17) is 30.5 Å². The molecular weight excluding hydrogens is 465 g/mol. The summed E-state index contributed by atoms with van der Waals surface area (Å²) in [5, 5.41) is 0.306. The van der Waals surface area contributed by atoms with E-state index in [1.54, 1.807) is 12.1 Å². The van der Waals surface area contributed by atoms with Crippen molar-refractivity contribution >= 4 is 27.6 Å². The van der Waals surface area contributed by atoms with E-state index in [-0.39, 0.29) is 37.8 Å². The molecule has 0 atom stereocenters. The summed E-state index contributed by atoms with van der Waals surface area (Å²) in [6.45, 7) is 1.64. The first kappa shape index (κ1) is 22.8. The van der Waals surface area contributed by atoms with Crippen LogP contribution in [0.3, 0.4) is 0 Å². The quantitative estimate of drug-likeness (QED) is 0.601. The van der Waals surface area contributed by atoms with E-state index in [1.165, 1.54) is 4.31 Å². The largest absolute Gasteiger partial charge is 0.489 e. The first-order valence-corrected chi connectivity index (χ1v) is 11.8. The highest BCUT2D eigenvalue weighted by Gasteiger charge is 2.28. The van der Waals surface area contributed by atoms with Gasteiger partial charge in [-0.2, -0.15) is 4.31 Å². The predicted molar refractivity (Wildman–Crippen MR) is 112 cm³/mol. The van der Waals surface area contributed by atoms with Crippen LogP contribution in [0.5, 0.6) is 11.5 Å². The van der Waals surface area contributed by atoms with Gasteiger partial charge in [-0.3, -0.25) is 0 Å². The maximum Gasteiger partial charge on any atom is 0.341 e. The number of morpholine rings is 1. The molecule has 2 aliphatic rings. The molecule has 8 nitrogen and oxygen atoms in total. The second kappa shape index (κ2) is 9.62. The van der Waals surface area contributed by atoms with Crippen LogP contribution in [-0.4, -0.2) is 58.2 Å². The molecule has 0 bridgehead atoms. The van der Waals surface area contributed by atoms with Crippen LogP contribution in [-0.2, 0) is 26.1 Å². The fourth-order valence-electron chi connectivity index (χ4n) is 3.35. The summed E-state index contributed by atoms with van der Waals surface area (Å²) in [6, 6.07) is 6.26. The Labute approximate surface area is 189 Å². The van der Waals surface area contributed by atoms with Gasteiger partial charge in [0.2, 0.25) is 10.0 Å². The van der Waals surface area contributed by atoms with Crippen LogP contribution in [0, 0.1) is 5.82 Å². The van der Waals surface area contributed by atoms with Crippen molar-refractivity contribution in [2.75, 3.05) is 39.5 Å². The number of rotatable bonds is 5. The molecule has 0 N–H and O–H groups in total. The molecular formula is C21H21ClFNO7S. The van der Waals surface area contributed by atoms with Crippen LogP contribution in [0.25, 0.3) is 0 Å². The molecule has 0 saturated carbocycles. The molecule has 0 aromatic heterocycles. The number of esters is 1. The minimum Gasteiger partial charge on any atom is -0.489 e. The molecule has 0 radical (unpaired) electrons. The number of hydrogen-bond acceptors (Lipinski definition) is 7. The number of fused-ring (bicyclic) bond motifs is 1. The van der Waals surface area contributed by atoms with Crippen molar-refractivity contribution in [3.8, 4) is 11.5 Å². The third-order valence-electron chi connectivity index (χ3n) is 5.00. The van der Waals surface area contributed by atoms with Gasteiger partial charge in [0, 0.05) is 19.5 Å². The summed E-state index contributed by atoms with van der Waals surface area (Å²) in [7, 11) is -3.89. The average molecular weight is 486 g/mol. The molecule has 32 heavy (non-hydrogen) atoms. The van der Waals surface area contributed by atoms with Crippen molar-refractivity contribution in [1.82, 2.24) is 4.31 Å². The Hall–Kier alpha value is -2.40. The number of carbonyl (C=O) groups excluding carboxylic acids is 1. The van der Waals surface area contributed by atoms with E-state index in [2.05, 4.69) is 0 Å². The third kappa shape index (κ3) is 4.83. The van der Waals surface area contributed by atoms with Gasteiger partial charge in [0.05, 0.1) is 41.9 Å². The first-order chi connectivity index (χ1) is 15.4. The van der Waals surface area contributed by atoms with Gasteiger partial charge in [0.1, 0.15) is 12.4 Å². The SMILES string of the molecule is O=C(OCc1cc(Cl)c2c(c1)OCCCO2)c1cc(S(=O)(=O)N2CCOCC2)ccc1F. The summed E-state index contributed by atoms with van der Waals surface area (Å²) in [5.41, 5.74) is 0.0462.